The summed E-state index contributed by atoms with van der Waals surface area (Å²) >= 11 is 0. The highest BCUT2D eigenvalue weighted by molar-refractivity contribution is 6.06. The van der Waals surface area contributed by atoms with Crippen LogP contribution in [0.5, 0.6) is 0 Å². The van der Waals surface area contributed by atoms with Crippen molar-refractivity contribution in [3.8, 4) is 0 Å². The van der Waals surface area contributed by atoms with Crippen molar-refractivity contribution >= 4 is 29.2 Å². The molecule has 2 N–H and O–H groups in total. The van der Waals surface area contributed by atoms with Gasteiger partial charge in [-0.25, -0.2) is 4.79 Å². The summed E-state index contributed by atoms with van der Waals surface area (Å²) in [7, 11) is 0. The minimum absolute atomic E-state index is 0.166. The van der Waals surface area contributed by atoms with E-state index in [1.807, 2.05) is 24.3 Å². The molecule has 1 fully saturated rings. The van der Waals surface area contributed by atoms with Crippen LogP contribution in [0.3, 0.4) is 0 Å². The molecule has 1 aliphatic rings. The van der Waals surface area contributed by atoms with E-state index >= 15 is 0 Å². The second-order valence-electron chi connectivity index (χ2n) is 7.47. The second kappa shape index (κ2) is 8.90. The van der Waals surface area contributed by atoms with Gasteiger partial charge in [0.05, 0.1) is 29.7 Å². The Morgan fingerprint density at radius 1 is 0.966 bits per heavy atom. The van der Waals surface area contributed by atoms with E-state index in [0.29, 0.717) is 23.6 Å². The SMILES string of the molecule is CCOC(=O)c1ccccc1NC(=O)C1CC1C(=O)Nc1ccc(C(C)C)cc1. The molecule has 29 heavy (non-hydrogen) atoms. The average molecular weight is 394 g/mol. The summed E-state index contributed by atoms with van der Waals surface area (Å²) in [6.07, 6.45) is 0.489. The smallest absolute Gasteiger partial charge is 0.340 e. The first-order valence-electron chi connectivity index (χ1n) is 9.88. The molecule has 0 saturated heterocycles. The lowest BCUT2D eigenvalue weighted by atomic mass is 10.0. The Morgan fingerprint density at radius 3 is 2.21 bits per heavy atom. The largest absolute Gasteiger partial charge is 0.462 e. The Bertz CT molecular complexity index is 905. The molecule has 2 amide bonds. The third-order valence-electron chi connectivity index (χ3n) is 4.99. The summed E-state index contributed by atoms with van der Waals surface area (Å²) in [4.78, 5) is 37.0. The molecule has 6 nitrogen and oxygen atoms in total. The minimum Gasteiger partial charge on any atom is -0.462 e. The number of para-hydroxylation sites is 1. The number of ether oxygens (including phenoxy) is 1. The van der Waals surface area contributed by atoms with Crippen molar-refractivity contribution in [2.75, 3.05) is 17.2 Å². The number of esters is 1. The fourth-order valence-corrected chi connectivity index (χ4v) is 3.17. The van der Waals surface area contributed by atoms with Crippen LogP contribution >= 0.6 is 0 Å². The molecule has 2 unspecified atom stereocenters. The molecule has 0 spiro atoms. The maximum atomic E-state index is 12.6. The predicted octanol–water partition coefficient (Wildman–Crippen LogP) is 4.20. The standard InChI is InChI=1S/C23H26N2O4/c1-4-29-23(28)17-7-5-6-8-20(17)25-22(27)19-13-18(19)21(26)24-16-11-9-15(10-12-16)14(2)3/h5-12,14,18-19H,4,13H2,1-3H3,(H,24,26)(H,25,27). The summed E-state index contributed by atoms with van der Waals surface area (Å²) in [5.74, 6) is -1.26. The number of hydrogen-bond acceptors (Lipinski definition) is 4. The van der Waals surface area contributed by atoms with Crippen molar-refractivity contribution < 1.29 is 19.1 Å². The highest BCUT2D eigenvalue weighted by Crippen LogP contribution is 2.40. The third kappa shape index (κ3) is 5.02. The number of nitrogens with one attached hydrogen (secondary N) is 2. The average Bonchev–Trinajstić information content (AvgIpc) is 3.50. The molecule has 0 bridgehead atoms. The maximum absolute atomic E-state index is 12.6. The molecule has 1 aliphatic carbocycles. The van der Waals surface area contributed by atoms with Crippen molar-refractivity contribution in [1.29, 1.82) is 0 Å². The summed E-state index contributed by atoms with van der Waals surface area (Å²) in [6, 6.07) is 14.4. The van der Waals surface area contributed by atoms with Crippen LogP contribution < -0.4 is 10.6 Å². The third-order valence-corrected chi connectivity index (χ3v) is 4.99. The fourth-order valence-electron chi connectivity index (χ4n) is 3.17. The normalized spacial score (nSPS) is 17.5. The summed E-state index contributed by atoms with van der Waals surface area (Å²) in [6.45, 7) is 6.20. The highest BCUT2D eigenvalue weighted by atomic mass is 16.5. The molecule has 152 valence electrons. The van der Waals surface area contributed by atoms with Gasteiger partial charge in [0.2, 0.25) is 11.8 Å². The van der Waals surface area contributed by atoms with Gasteiger partial charge in [0.1, 0.15) is 0 Å². The molecular weight excluding hydrogens is 368 g/mol. The van der Waals surface area contributed by atoms with Crippen LogP contribution in [-0.2, 0) is 14.3 Å². The Kier molecular flexibility index (Phi) is 6.32. The molecule has 0 radical (unpaired) electrons. The molecule has 2 aromatic rings. The van der Waals surface area contributed by atoms with E-state index in [9.17, 15) is 14.4 Å². The van der Waals surface area contributed by atoms with Crippen LogP contribution in [0.2, 0.25) is 0 Å². The van der Waals surface area contributed by atoms with Gasteiger partial charge >= 0.3 is 5.97 Å². The molecule has 0 heterocycles. The molecule has 6 heteroatoms. The van der Waals surface area contributed by atoms with Crippen LogP contribution in [0.15, 0.2) is 48.5 Å². The number of benzene rings is 2. The van der Waals surface area contributed by atoms with E-state index in [2.05, 4.69) is 24.5 Å². The molecule has 2 aromatic carbocycles. The van der Waals surface area contributed by atoms with Crippen molar-refractivity contribution in [1.82, 2.24) is 0 Å². The first-order valence-corrected chi connectivity index (χ1v) is 9.88. The molecule has 1 saturated carbocycles. The van der Waals surface area contributed by atoms with Crippen LogP contribution in [0.1, 0.15) is 49.0 Å². The molecule has 2 atom stereocenters. The van der Waals surface area contributed by atoms with Crippen LogP contribution in [-0.4, -0.2) is 24.4 Å². The Labute approximate surface area is 170 Å². The van der Waals surface area contributed by atoms with Gasteiger partial charge in [-0.1, -0.05) is 38.1 Å². The van der Waals surface area contributed by atoms with Crippen molar-refractivity contribution in [2.45, 2.75) is 33.1 Å². The zero-order chi connectivity index (χ0) is 21.0. The van der Waals surface area contributed by atoms with E-state index in [4.69, 9.17) is 4.74 Å². The van der Waals surface area contributed by atoms with E-state index in [1.165, 1.54) is 5.56 Å². The minimum atomic E-state index is -0.488. The Balaban J connectivity index is 1.58. The quantitative estimate of drug-likeness (QED) is 0.690. The van der Waals surface area contributed by atoms with Gasteiger partial charge in [-0.05, 0) is 49.1 Å². The van der Waals surface area contributed by atoms with Crippen LogP contribution in [0, 0.1) is 11.8 Å². The summed E-state index contributed by atoms with van der Waals surface area (Å²) in [5.41, 5.74) is 2.62. The number of anilines is 2. The predicted molar refractivity (Wildman–Crippen MR) is 112 cm³/mol. The van der Waals surface area contributed by atoms with Crippen LogP contribution in [0.25, 0.3) is 0 Å². The van der Waals surface area contributed by atoms with Gasteiger partial charge in [0, 0.05) is 5.69 Å². The topological polar surface area (TPSA) is 84.5 Å². The number of hydrogen-bond donors (Lipinski definition) is 2. The van der Waals surface area contributed by atoms with Gasteiger partial charge in [0.25, 0.3) is 0 Å². The highest BCUT2D eigenvalue weighted by Gasteiger charge is 2.48. The molecular formula is C23H26N2O4. The second-order valence-corrected chi connectivity index (χ2v) is 7.47. The Hall–Kier alpha value is -3.15. The van der Waals surface area contributed by atoms with Gasteiger partial charge in [-0.3, -0.25) is 9.59 Å². The Morgan fingerprint density at radius 2 is 1.59 bits per heavy atom. The van der Waals surface area contributed by atoms with E-state index < -0.39 is 11.9 Å². The van der Waals surface area contributed by atoms with Crippen molar-refractivity contribution in [3.05, 3.63) is 59.7 Å². The van der Waals surface area contributed by atoms with Gasteiger partial charge < -0.3 is 15.4 Å². The van der Waals surface area contributed by atoms with E-state index in [0.717, 1.165) is 5.69 Å². The van der Waals surface area contributed by atoms with Gasteiger partial charge in [0.15, 0.2) is 0 Å². The number of amides is 2. The van der Waals surface area contributed by atoms with Crippen molar-refractivity contribution in [2.24, 2.45) is 11.8 Å². The lowest BCUT2D eigenvalue weighted by molar-refractivity contribution is -0.122. The van der Waals surface area contributed by atoms with Gasteiger partial charge in [-0.2, -0.15) is 0 Å². The fraction of sp³-hybridized carbons (Fsp3) is 0.348. The zero-order valence-corrected chi connectivity index (χ0v) is 16.9. The van der Waals surface area contributed by atoms with Crippen LogP contribution in [0.4, 0.5) is 11.4 Å². The number of rotatable bonds is 7. The molecule has 0 aromatic heterocycles. The first kappa shape index (κ1) is 20.6. The van der Waals surface area contributed by atoms with Crippen molar-refractivity contribution in [3.63, 3.8) is 0 Å². The lowest BCUT2D eigenvalue weighted by Gasteiger charge is -2.10. The van der Waals surface area contributed by atoms with Gasteiger partial charge in [-0.15, -0.1) is 0 Å². The summed E-state index contributed by atoms with van der Waals surface area (Å²) in [5, 5.41) is 5.63. The lowest BCUT2D eigenvalue weighted by Crippen LogP contribution is -2.21. The van der Waals surface area contributed by atoms with E-state index in [-0.39, 0.29) is 24.3 Å². The maximum Gasteiger partial charge on any atom is 0.340 e. The number of carbonyl (C=O) groups excluding carboxylic acids is 3. The zero-order valence-electron chi connectivity index (χ0n) is 16.9. The first-order chi connectivity index (χ1) is 13.9. The number of carbonyl (C=O) groups is 3. The monoisotopic (exact) mass is 394 g/mol. The molecule has 0 aliphatic heterocycles. The molecule has 3 rings (SSSR count). The van der Waals surface area contributed by atoms with E-state index in [1.54, 1.807) is 31.2 Å². The summed E-state index contributed by atoms with van der Waals surface area (Å²) < 4.78 is 5.02.